The van der Waals surface area contributed by atoms with Gasteiger partial charge in [0.05, 0.1) is 22.0 Å². The molecule has 0 aromatic heterocycles. The maximum atomic E-state index is 12.9. The van der Waals surface area contributed by atoms with Gasteiger partial charge in [-0.15, -0.1) is 4.72 Å². The number of piperidine rings is 1. The molecule has 1 amide bonds. The van der Waals surface area contributed by atoms with E-state index in [4.69, 9.17) is 23.2 Å². The Bertz CT molecular complexity index is 797. The number of likely N-dealkylation sites (tertiary alicyclic amines) is 2. The fourth-order valence-electron chi connectivity index (χ4n) is 4.35. The Labute approximate surface area is 198 Å². The van der Waals surface area contributed by atoms with Crippen molar-refractivity contribution in [3.8, 4) is 5.75 Å². The zero-order chi connectivity index (χ0) is 22.9. The van der Waals surface area contributed by atoms with E-state index in [-0.39, 0.29) is 34.6 Å². The summed E-state index contributed by atoms with van der Waals surface area (Å²) in [4.78, 5) is 17.1. The molecule has 6 nitrogen and oxygen atoms in total. The Kier molecular flexibility index (Phi) is 8.09. The predicted molar refractivity (Wildman–Crippen MR) is 127 cm³/mol. The fraction of sp³-hybridized carbons (Fsp3) is 0.682. The first-order valence-corrected chi connectivity index (χ1v) is 12.7. The molecular formula is C22H33Cl2N3O3S. The smallest absolute Gasteiger partial charge is 0.227 e. The van der Waals surface area contributed by atoms with Crippen molar-refractivity contribution in [1.82, 2.24) is 14.5 Å². The quantitative estimate of drug-likeness (QED) is 0.611. The van der Waals surface area contributed by atoms with E-state index >= 15 is 0 Å². The molecule has 0 spiro atoms. The average molecular weight is 490 g/mol. The Morgan fingerprint density at radius 1 is 1.19 bits per heavy atom. The van der Waals surface area contributed by atoms with Gasteiger partial charge in [-0.1, -0.05) is 23.2 Å². The summed E-state index contributed by atoms with van der Waals surface area (Å²) in [6, 6.07) is 2.73. The number of aromatic hydroxyl groups is 1. The number of nitrogens with zero attached hydrogens (tertiary/aromatic N) is 2. The second kappa shape index (κ2) is 10.1. The molecule has 0 saturated carbocycles. The summed E-state index contributed by atoms with van der Waals surface area (Å²) in [5.41, 5.74) is 0.592. The van der Waals surface area contributed by atoms with Gasteiger partial charge in [-0.05, 0) is 65.6 Å². The van der Waals surface area contributed by atoms with E-state index in [0.717, 1.165) is 32.4 Å². The first-order chi connectivity index (χ1) is 14.5. The molecule has 3 rings (SSSR count). The standard InChI is InChI=1S/C22H33Cl2N3O3S/c1-22(2,3)31(30)25-20(16-11-17(23)18(24)12-19(16)28)14-6-9-27(10-7-14)21(29)15-5-8-26(4)13-15/h11-12,14-15,20,25,28H,5-10,13H2,1-4H3/t15-,20-,31?/m1/s1. The number of amides is 1. The van der Waals surface area contributed by atoms with E-state index in [0.29, 0.717) is 23.7 Å². The molecule has 2 aliphatic heterocycles. The topological polar surface area (TPSA) is 78.9 Å². The van der Waals surface area contributed by atoms with Crippen molar-refractivity contribution >= 4 is 40.5 Å². The molecule has 2 saturated heterocycles. The average Bonchev–Trinajstić information content (AvgIpc) is 3.14. The summed E-state index contributed by atoms with van der Waals surface area (Å²) in [7, 11) is 2.05. The van der Waals surface area contributed by atoms with Gasteiger partial charge in [-0.2, -0.15) is 0 Å². The van der Waals surface area contributed by atoms with Crippen LogP contribution in [0.1, 0.15) is 51.6 Å². The van der Waals surface area contributed by atoms with Crippen molar-refractivity contribution in [3.63, 3.8) is 0 Å². The van der Waals surface area contributed by atoms with Crippen molar-refractivity contribution in [2.45, 2.75) is 50.8 Å². The molecule has 31 heavy (non-hydrogen) atoms. The second-order valence-electron chi connectivity index (χ2n) is 9.71. The van der Waals surface area contributed by atoms with E-state index < -0.39 is 16.1 Å². The highest BCUT2D eigenvalue weighted by Gasteiger charge is 2.38. The van der Waals surface area contributed by atoms with Gasteiger partial charge in [0, 0.05) is 42.6 Å². The van der Waals surface area contributed by atoms with Gasteiger partial charge >= 0.3 is 0 Å². The number of benzene rings is 1. The van der Waals surface area contributed by atoms with Gasteiger partial charge in [0.2, 0.25) is 5.91 Å². The first-order valence-electron chi connectivity index (χ1n) is 10.8. The number of carbonyl (C=O) groups is 1. The van der Waals surface area contributed by atoms with E-state index in [1.807, 2.05) is 25.7 Å². The lowest BCUT2D eigenvalue weighted by Gasteiger charge is -2.38. The van der Waals surface area contributed by atoms with Crippen molar-refractivity contribution in [2.75, 3.05) is 33.2 Å². The predicted octanol–water partition coefficient (Wildman–Crippen LogP) is 3.98. The zero-order valence-electron chi connectivity index (χ0n) is 18.7. The largest absolute Gasteiger partial charge is 0.598 e. The van der Waals surface area contributed by atoms with E-state index in [1.54, 1.807) is 6.07 Å². The van der Waals surface area contributed by atoms with Crippen LogP contribution in [0.4, 0.5) is 0 Å². The molecule has 0 aliphatic carbocycles. The molecule has 9 heteroatoms. The molecule has 1 aromatic carbocycles. The van der Waals surface area contributed by atoms with Crippen LogP contribution in [0.2, 0.25) is 10.0 Å². The summed E-state index contributed by atoms with van der Waals surface area (Å²) >= 11 is 11.0. The maximum absolute atomic E-state index is 12.9. The minimum Gasteiger partial charge on any atom is -0.598 e. The Hall–Kier alpha value is -0.700. The van der Waals surface area contributed by atoms with Gasteiger partial charge in [0.15, 0.2) is 0 Å². The molecule has 3 atom stereocenters. The summed E-state index contributed by atoms with van der Waals surface area (Å²) in [6.45, 7) is 8.82. The zero-order valence-corrected chi connectivity index (χ0v) is 21.0. The lowest BCUT2D eigenvalue weighted by Crippen LogP contribution is -2.47. The first kappa shape index (κ1) is 24.9. The number of hydrogen-bond donors (Lipinski definition) is 2. The van der Waals surface area contributed by atoms with E-state index in [9.17, 15) is 14.5 Å². The lowest BCUT2D eigenvalue weighted by atomic mass is 9.85. The molecule has 0 bridgehead atoms. The van der Waals surface area contributed by atoms with Crippen LogP contribution in [-0.4, -0.2) is 63.3 Å². The third kappa shape index (κ3) is 6.01. The third-order valence-electron chi connectivity index (χ3n) is 6.26. The van der Waals surface area contributed by atoms with Crippen LogP contribution in [0, 0.1) is 11.8 Å². The Balaban J connectivity index is 1.76. The number of phenols is 1. The molecule has 2 fully saturated rings. The molecule has 2 N–H and O–H groups in total. The van der Waals surface area contributed by atoms with E-state index in [2.05, 4.69) is 16.7 Å². The third-order valence-corrected chi connectivity index (χ3v) is 8.56. The number of carbonyl (C=O) groups excluding carboxylic acids is 1. The monoisotopic (exact) mass is 489 g/mol. The molecule has 2 aliphatic rings. The van der Waals surface area contributed by atoms with Crippen molar-refractivity contribution < 1.29 is 14.5 Å². The lowest BCUT2D eigenvalue weighted by molar-refractivity contribution is -0.136. The summed E-state index contributed by atoms with van der Waals surface area (Å²) < 4.78 is 15.7. The second-order valence-corrected chi connectivity index (χ2v) is 12.5. The highest BCUT2D eigenvalue weighted by molar-refractivity contribution is 7.90. The van der Waals surface area contributed by atoms with Crippen LogP contribution in [0.3, 0.4) is 0 Å². The minimum atomic E-state index is -1.34. The van der Waals surface area contributed by atoms with Crippen LogP contribution in [0.15, 0.2) is 12.1 Å². The number of nitrogens with one attached hydrogen (secondary N) is 1. The minimum absolute atomic E-state index is 0.0327. The van der Waals surface area contributed by atoms with Crippen molar-refractivity contribution in [1.29, 1.82) is 0 Å². The normalized spacial score (nSPS) is 23.2. The summed E-state index contributed by atoms with van der Waals surface area (Å²) in [6.07, 6.45) is 2.43. The molecule has 174 valence electrons. The van der Waals surface area contributed by atoms with Crippen LogP contribution >= 0.6 is 23.2 Å². The molecule has 0 radical (unpaired) electrons. The number of phenolic OH excluding ortho intramolecular Hbond substituents is 1. The molecule has 1 unspecified atom stereocenters. The summed E-state index contributed by atoms with van der Waals surface area (Å²) in [5, 5.41) is 11.2. The number of rotatable bonds is 5. The van der Waals surface area contributed by atoms with Gasteiger partial charge in [0.25, 0.3) is 0 Å². The maximum Gasteiger partial charge on any atom is 0.227 e. The summed E-state index contributed by atoms with van der Waals surface area (Å²) in [5.74, 6) is 0.459. The van der Waals surface area contributed by atoms with Crippen LogP contribution in [0.25, 0.3) is 0 Å². The number of halogens is 2. The molecule has 2 heterocycles. The number of hydrogen-bond acceptors (Lipinski definition) is 5. The molecular weight excluding hydrogens is 457 g/mol. The SMILES string of the molecule is CN1CC[C@@H](C(=O)N2CCC([C@@H](N[S+]([O-])C(C)(C)C)c3cc(Cl)c(Cl)cc3O)CC2)C1. The highest BCUT2D eigenvalue weighted by Crippen LogP contribution is 2.40. The molecule has 1 aromatic rings. The van der Waals surface area contributed by atoms with Gasteiger partial charge < -0.3 is 19.5 Å². The van der Waals surface area contributed by atoms with Gasteiger partial charge in [0.1, 0.15) is 10.5 Å². The van der Waals surface area contributed by atoms with Crippen LogP contribution < -0.4 is 4.72 Å². The fourth-order valence-corrected chi connectivity index (χ4v) is 5.59. The van der Waals surface area contributed by atoms with E-state index in [1.165, 1.54) is 6.07 Å². The van der Waals surface area contributed by atoms with Gasteiger partial charge in [-0.3, -0.25) is 4.79 Å². The highest BCUT2D eigenvalue weighted by atomic mass is 35.5. The Morgan fingerprint density at radius 2 is 1.81 bits per heavy atom. The van der Waals surface area contributed by atoms with Crippen LogP contribution in [0.5, 0.6) is 5.75 Å². The van der Waals surface area contributed by atoms with Crippen LogP contribution in [-0.2, 0) is 16.2 Å². The Morgan fingerprint density at radius 3 is 2.35 bits per heavy atom. The van der Waals surface area contributed by atoms with Crippen molar-refractivity contribution in [2.24, 2.45) is 11.8 Å². The van der Waals surface area contributed by atoms with Crippen molar-refractivity contribution in [3.05, 3.63) is 27.7 Å². The van der Waals surface area contributed by atoms with Gasteiger partial charge in [-0.25, -0.2) is 0 Å².